The van der Waals surface area contributed by atoms with E-state index in [9.17, 15) is 15.0 Å². The highest BCUT2D eigenvalue weighted by Gasteiger charge is 2.50. The Kier molecular flexibility index (Phi) is 4.40. The van der Waals surface area contributed by atoms with Crippen LogP contribution in [0.1, 0.15) is 45.3 Å². The molecule has 1 aliphatic carbocycles. The number of phenolic OH excluding ortho intramolecular Hbond substituents is 1. The molecule has 0 aromatic heterocycles. The highest BCUT2D eigenvalue weighted by atomic mass is 16.5. The summed E-state index contributed by atoms with van der Waals surface area (Å²) in [5, 5.41) is 23.5. The van der Waals surface area contributed by atoms with Crippen LogP contribution in [0.4, 0.5) is 0 Å². The molecular weight excluding hydrogens is 306 g/mol. The summed E-state index contributed by atoms with van der Waals surface area (Å²) in [6.45, 7) is 5.43. The van der Waals surface area contributed by atoms with Crippen LogP contribution in [0.15, 0.2) is 35.9 Å². The van der Waals surface area contributed by atoms with Crippen molar-refractivity contribution in [1.82, 2.24) is 5.32 Å². The van der Waals surface area contributed by atoms with E-state index in [1.165, 1.54) is 6.92 Å². The lowest BCUT2D eigenvalue weighted by Gasteiger charge is -2.52. The van der Waals surface area contributed by atoms with Crippen LogP contribution in [-0.2, 0) is 9.53 Å². The van der Waals surface area contributed by atoms with Crippen LogP contribution in [0, 0.1) is 5.92 Å². The van der Waals surface area contributed by atoms with Crippen molar-refractivity contribution in [3.8, 4) is 5.75 Å². The van der Waals surface area contributed by atoms with Gasteiger partial charge in [-0.05, 0) is 43.5 Å². The second-order valence-corrected chi connectivity index (χ2v) is 7.22. The third-order valence-corrected chi connectivity index (χ3v) is 5.32. The van der Waals surface area contributed by atoms with E-state index < -0.39 is 11.6 Å². The van der Waals surface area contributed by atoms with E-state index in [4.69, 9.17) is 4.74 Å². The summed E-state index contributed by atoms with van der Waals surface area (Å²) in [4.78, 5) is 11.8. The maximum Gasteiger partial charge on any atom is 0.217 e. The van der Waals surface area contributed by atoms with Gasteiger partial charge in [-0.3, -0.25) is 4.79 Å². The molecule has 3 rings (SSSR count). The fourth-order valence-corrected chi connectivity index (χ4v) is 4.08. The van der Waals surface area contributed by atoms with E-state index >= 15 is 0 Å². The molecule has 24 heavy (non-hydrogen) atoms. The van der Waals surface area contributed by atoms with Gasteiger partial charge in [-0.15, -0.1) is 0 Å². The van der Waals surface area contributed by atoms with E-state index in [2.05, 4.69) is 5.32 Å². The maximum atomic E-state index is 11.8. The van der Waals surface area contributed by atoms with E-state index in [-0.39, 0.29) is 29.8 Å². The minimum absolute atomic E-state index is 0.00802. The lowest BCUT2D eigenvalue weighted by atomic mass is 9.68. The zero-order valence-electron chi connectivity index (χ0n) is 14.3. The van der Waals surface area contributed by atoms with Crippen molar-refractivity contribution >= 4 is 5.91 Å². The highest BCUT2D eigenvalue weighted by Crippen LogP contribution is 2.46. The predicted octanol–water partition coefficient (Wildman–Crippen LogP) is 2.44. The number of allylic oxidation sites excluding steroid dienone is 1. The van der Waals surface area contributed by atoms with Gasteiger partial charge in [0.2, 0.25) is 5.91 Å². The molecule has 0 radical (unpaired) electrons. The van der Waals surface area contributed by atoms with E-state index in [0.717, 1.165) is 17.6 Å². The summed E-state index contributed by atoms with van der Waals surface area (Å²) in [5.41, 5.74) is 1.27. The summed E-state index contributed by atoms with van der Waals surface area (Å²) >= 11 is 0. The Balaban J connectivity index is 1.97. The predicted molar refractivity (Wildman–Crippen MR) is 90.4 cm³/mol. The van der Waals surface area contributed by atoms with Crippen LogP contribution in [0.2, 0.25) is 0 Å². The Morgan fingerprint density at radius 1 is 1.42 bits per heavy atom. The van der Waals surface area contributed by atoms with Crippen LogP contribution in [-0.4, -0.2) is 33.9 Å². The molecule has 0 bridgehead atoms. The molecule has 0 unspecified atom stereocenters. The number of benzene rings is 1. The third kappa shape index (κ3) is 3.06. The molecule has 0 saturated carbocycles. The number of fused-ring (bicyclic) bond motifs is 1. The number of hydrogen-bond acceptors (Lipinski definition) is 4. The second-order valence-electron chi connectivity index (χ2n) is 7.22. The molecule has 0 spiro atoms. The first-order valence-electron chi connectivity index (χ1n) is 8.38. The Bertz CT molecular complexity index is 671. The third-order valence-electron chi connectivity index (χ3n) is 5.32. The number of carbonyl (C=O) groups excluding carboxylic acids is 1. The Hall–Kier alpha value is -1.85. The quantitative estimate of drug-likeness (QED) is 0.727. The van der Waals surface area contributed by atoms with Gasteiger partial charge in [-0.1, -0.05) is 18.2 Å². The Labute approximate surface area is 142 Å². The number of rotatable bonds is 2. The van der Waals surface area contributed by atoms with Crippen LogP contribution in [0.3, 0.4) is 0 Å². The summed E-state index contributed by atoms with van der Waals surface area (Å²) in [6, 6.07) is 6.97. The van der Waals surface area contributed by atoms with Gasteiger partial charge >= 0.3 is 0 Å². The lowest BCUT2D eigenvalue weighted by Crippen LogP contribution is -2.62. The molecule has 2 aliphatic rings. The molecule has 1 aliphatic heterocycles. The molecule has 5 nitrogen and oxygen atoms in total. The molecule has 1 amide bonds. The fourth-order valence-electron chi connectivity index (χ4n) is 4.08. The lowest BCUT2D eigenvalue weighted by molar-refractivity contribution is -0.165. The highest BCUT2D eigenvalue weighted by molar-refractivity contribution is 5.74. The van der Waals surface area contributed by atoms with Crippen molar-refractivity contribution in [2.75, 3.05) is 0 Å². The SMILES string of the molecule is CC(=O)N[C@]1(C)C[C@@H](c2cccc(O)c2)O[C@H]2[C@H](O)C(C)=CC[C@H]21. The first-order valence-corrected chi connectivity index (χ1v) is 8.38. The second kappa shape index (κ2) is 6.22. The monoisotopic (exact) mass is 331 g/mol. The standard InChI is InChI=1S/C19H25NO4/c1-11-7-8-15-18(17(11)23)24-16(10-19(15,3)20-12(2)21)13-5-4-6-14(22)9-13/h4-7,9,15-18,22-23H,8,10H2,1-3H3,(H,20,21)/t15-,16+,17-,18-,19-/m1/s1. The number of hydrogen-bond donors (Lipinski definition) is 3. The Morgan fingerprint density at radius 3 is 2.83 bits per heavy atom. The average molecular weight is 331 g/mol. The molecule has 1 aromatic rings. The zero-order valence-corrected chi connectivity index (χ0v) is 14.3. The minimum atomic E-state index is -0.683. The number of aromatic hydroxyl groups is 1. The van der Waals surface area contributed by atoms with Crippen molar-refractivity contribution < 1.29 is 19.7 Å². The number of aliphatic hydroxyl groups excluding tert-OH is 1. The van der Waals surface area contributed by atoms with Gasteiger partial charge in [0, 0.05) is 24.8 Å². The smallest absolute Gasteiger partial charge is 0.217 e. The number of carbonyl (C=O) groups is 1. The summed E-state index contributed by atoms with van der Waals surface area (Å²) in [5.74, 6) is 0.0990. The largest absolute Gasteiger partial charge is 0.508 e. The van der Waals surface area contributed by atoms with Crippen LogP contribution in [0.25, 0.3) is 0 Å². The number of phenols is 1. The molecule has 1 fully saturated rings. The van der Waals surface area contributed by atoms with Gasteiger partial charge in [0.25, 0.3) is 0 Å². The molecule has 5 heteroatoms. The minimum Gasteiger partial charge on any atom is -0.508 e. The molecule has 3 N–H and O–H groups in total. The van der Waals surface area contributed by atoms with Gasteiger partial charge in [-0.2, -0.15) is 0 Å². The van der Waals surface area contributed by atoms with Crippen molar-refractivity contribution in [1.29, 1.82) is 0 Å². The maximum absolute atomic E-state index is 11.8. The van der Waals surface area contributed by atoms with E-state index in [0.29, 0.717) is 6.42 Å². The summed E-state index contributed by atoms with van der Waals surface area (Å²) in [6.07, 6.45) is 2.03. The molecule has 1 heterocycles. The van der Waals surface area contributed by atoms with Crippen LogP contribution >= 0.6 is 0 Å². The first kappa shape index (κ1) is 17.0. The first-order chi connectivity index (χ1) is 11.3. The normalized spacial score (nSPS) is 35.8. The van der Waals surface area contributed by atoms with Crippen LogP contribution < -0.4 is 5.32 Å². The summed E-state index contributed by atoms with van der Waals surface area (Å²) < 4.78 is 6.24. The number of nitrogens with one attached hydrogen (secondary N) is 1. The van der Waals surface area contributed by atoms with Gasteiger partial charge in [0.15, 0.2) is 0 Å². The number of ether oxygens (including phenoxy) is 1. The summed E-state index contributed by atoms with van der Waals surface area (Å²) in [7, 11) is 0. The molecule has 130 valence electrons. The fraction of sp³-hybridized carbons (Fsp3) is 0.526. The molecule has 5 atom stereocenters. The molecule has 1 aromatic carbocycles. The topological polar surface area (TPSA) is 78.8 Å². The molecule has 1 saturated heterocycles. The van der Waals surface area contributed by atoms with Gasteiger partial charge in [0.1, 0.15) is 11.9 Å². The zero-order chi connectivity index (χ0) is 17.5. The molecular formula is C19H25NO4. The van der Waals surface area contributed by atoms with Crippen molar-refractivity contribution in [2.24, 2.45) is 5.92 Å². The van der Waals surface area contributed by atoms with E-state index in [1.54, 1.807) is 18.2 Å². The Morgan fingerprint density at radius 2 is 2.17 bits per heavy atom. The van der Waals surface area contributed by atoms with Crippen molar-refractivity contribution in [3.05, 3.63) is 41.5 Å². The average Bonchev–Trinajstić information content (AvgIpc) is 2.50. The van der Waals surface area contributed by atoms with Crippen molar-refractivity contribution in [2.45, 2.75) is 57.5 Å². The van der Waals surface area contributed by atoms with Crippen molar-refractivity contribution in [3.63, 3.8) is 0 Å². The number of amides is 1. The van der Waals surface area contributed by atoms with Gasteiger partial charge < -0.3 is 20.3 Å². The van der Waals surface area contributed by atoms with Gasteiger partial charge in [-0.25, -0.2) is 0 Å². The van der Waals surface area contributed by atoms with E-state index in [1.807, 2.05) is 26.0 Å². The van der Waals surface area contributed by atoms with Crippen LogP contribution in [0.5, 0.6) is 5.75 Å². The number of aliphatic hydroxyl groups is 1. The van der Waals surface area contributed by atoms with Gasteiger partial charge in [0.05, 0.1) is 12.2 Å².